The molecule has 2 fully saturated rings. The summed E-state index contributed by atoms with van der Waals surface area (Å²) in [5.41, 5.74) is 6.93. The standard InChI is InChI=1S/C32H40N6S2/c1-19-14-15-37(21(19)3)29-11-9-10-28(35-29)36-32-34-20(2)31(39-32)25-16-26-18-38(22(4)24-12-13-24)23(5)30(26)27(17-25)40(7,8)33-6/h9-11,16-17,19,22,24,33H,3,5,7-8,12-15,18H2,1-2,4,6H3,(H,34,35,36)/t19-,22?/m0/s1. The average Bonchev–Trinajstić information content (AvgIpc) is 3.55. The lowest BCUT2D eigenvalue weighted by atomic mass is 10.0. The Labute approximate surface area is 243 Å². The van der Waals surface area contributed by atoms with E-state index in [4.69, 9.17) is 9.97 Å². The number of rotatable bonds is 8. The minimum absolute atomic E-state index is 0.487. The smallest absolute Gasteiger partial charge is 0.189 e. The van der Waals surface area contributed by atoms with E-state index in [9.17, 15) is 0 Å². The molecule has 0 radical (unpaired) electrons. The van der Waals surface area contributed by atoms with Gasteiger partial charge < -0.3 is 15.1 Å². The molecule has 0 bridgehead atoms. The third-order valence-corrected chi connectivity index (χ3v) is 11.8. The molecule has 8 heteroatoms. The highest BCUT2D eigenvalue weighted by molar-refractivity contribution is 8.26. The van der Waals surface area contributed by atoms with E-state index in [0.717, 1.165) is 74.6 Å². The summed E-state index contributed by atoms with van der Waals surface area (Å²) in [7, 11) is 0.247. The number of aromatic nitrogens is 2. The van der Waals surface area contributed by atoms with Crippen LogP contribution in [0.3, 0.4) is 0 Å². The number of anilines is 3. The van der Waals surface area contributed by atoms with Crippen molar-refractivity contribution < 1.29 is 0 Å². The summed E-state index contributed by atoms with van der Waals surface area (Å²) in [6, 6.07) is 11.2. The molecule has 3 aliphatic rings. The molecule has 0 amide bonds. The molecule has 2 atom stereocenters. The number of benzene rings is 1. The van der Waals surface area contributed by atoms with Crippen molar-refractivity contribution in [3.05, 3.63) is 66.0 Å². The topological polar surface area (TPSA) is 56.3 Å². The fourth-order valence-corrected chi connectivity index (χ4v) is 8.12. The SMILES string of the molecule is C=C1[C@@H](C)CCN1c1cccc(Nc2nc(C)c(-c3cc4c(c(S(=C)(=C)NC)c3)C(=C)N(C(C)C3CC3)C4)s2)n1. The number of pyridine rings is 1. The highest BCUT2D eigenvalue weighted by atomic mass is 32.2. The zero-order valence-electron chi connectivity index (χ0n) is 24.1. The lowest BCUT2D eigenvalue weighted by molar-refractivity contribution is 0.290. The third kappa shape index (κ3) is 4.76. The first-order valence-electron chi connectivity index (χ1n) is 14.1. The van der Waals surface area contributed by atoms with Crippen LogP contribution < -0.4 is 14.9 Å². The van der Waals surface area contributed by atoms with Gasteiger partial charge in [-0.2, -0.15) is 0 Å². The van der Waals surface area contributed by atoms with E-state index in [1.54, 1.807) is 11.3 Å². The van der Waals surface area contributed by atoms with Gasteiger partial charge >= 0.3 is 0 Å². The van der Waals surface area contributed by atoms with Gasteiger partial charge in [0.1, 0.15) is 11.6 Å². The van der Waals surface area contributed by atoms with Gasteiger partial charge in [0.15, 0.2) is 5.13 Å². The largest absolute Gasteiger partial charge is 0.364 e. The molecule has 1 unspecified atom stereocenters. The minimum atomic E-state index is -1.71. The zero-order valence-corrected chi connectivity index (χ0v) is 25.7. The Morgan fingerprint density at radius 1 is 1.12 bits per heavy atom. The molecular formula is C32H40N6S2. The summed E-state index contributed by atoms with van der Waals surface area (Å²) >= 11 is 1.66. The van der Waals surface area contributed by atoms with Gasteiger partial charge in [-0.25, -0.2) is 9.97 Å². The van der Waals surface area contributed by atoms with Crippen LogP contribution in [0.25, 0.3) is 16.1 Å². The highest BCUT2D eigenvalue weighted by Crippen LogP contribution is 2.48. The lowest BCUT2D eigenvalue weighted by Crippen LogP contribution is -2.28. The number of nitrogens with one attached hydrogen (secondary N) is 2. The molecule has 2 N–H and O–H groups in total. The molecule has 1 aliphatic carbocycles. The lowest BCUT2D eigenvalue weighted by Gasteiger charge is -2.28. The maximum atomic E-state index is 4.90. The number of hydrogen-bond donors (Lipinski definition) is 2. The van der Waals surface area contributed by atoms with Crippen molar-refractivity contribution in [2.45, 2.75) is 57.5 Å². The number of fused-ring (bicyclic) bond motifs is 1. The second-order valence-corrected chi connectivity index (χ2v) is 15.1. The Bertz CT molecular complexity index is 1610. The van der Waals surface area contributed by atoms with Gasteiger partial charge in [-0.3, -0.25) is 4.72 Å². The normalized spacial score (nSPS) is 19.9. The van der Waals surface area contributed by atoms with Crippen LogP contribution in [0, 0.1) is 18.8 Å². The van der Waals surface area contributed by atoms with Gasteiger partial charge in [-0.15, -0.1) is 9.39 Å². The van der Waals surface area contributed by atoms with Crippen molar-refractivity contribution in [3.63, 3.8) is 0 Å². The van der Waals surface area contributed by atoms with Gasteiger partial charge in [-0.1, -0.05) is 49.2 Å². The Kier molecular flexibility index (Phi) is 6.84. The van der Waals surface area contributed by atoms with E-state index in [1.165, 1.54) is 24.0 Å². The van der Waals surface area contributed by atoms with Crippen molar-refractivity contribution >= 4 is 54.9 Å². The second kappa shape index (κ2) is 10.1. The van der Waals surface area contributed by atoms with Crippen LogP contribution in [-0.2, 0) is 6.54 Å². The summed E-state index contributed by atoms with van der Waals surface area (Å²) < 4.78 is 3.41. The molecule has 40 heavy (non-hydrogen) atoms. The Morgan fingerprint density at radius 3 is 2.58 bits per heavy atom. The monoisotopic (exact) mass is 572 g/mol. The minimum Gasteiger partial charge on any atom is -0.364 e. The predicted octanol–water partition coefficient (Wildman–Crippen LogP) is 7.36. The first kappa shape index (κ1) is 27.1. The van der Waals surface area contributed by atoms with E-state index >= 15 is 0 Å². The van der Waals surface area contributed by atoms with Crippen LogP contribution in [0.15, 0.2) is 54.1 Å². The molecule has 4 heterocycles. The number of allylic oxidation sites excluding steroid dienone is 1. The van der Waals surface area contributed by atoms with E-state index in [0.29, 0.717) is 12.0 Å². The fraction of sp³-hybridized carbons (Fsp3) is 0.375. The van der Waals surface area contributed by atoms with Crippen molar-refractivity contribution in [2.24, 2.45) is 11.8 Å². The van der Waals surface area contributed by atoms with Crippen LogP contribution in [0.5, 0.6) is 0 Å². The molecule has 6 rings (SSSR count). The van der Waals surface area contributed by atoms with Crippen LogP contribution >= 0.6 is 20.7 Å². The number of aryl methyl sites for hydroxylation is 1. The molecule has 0 spiro atoms. The highest BCUT2D eigenvalue weighted by Gasteiger charge is 2.37. The molecule has 2 aromatic heterocycles. The summed E-state index contributed by atoms with van der Waals surface area (Å²) in [4.78, 5) is 16.8. The third-order valence-electron chi connectivity index (χ3n) is 8.77. The molecule has 2 aliphatic heterocycles. The summed E-state index contributed by atoms with van der Waals surface area (Å²) in [6.07, 6.45) is 3.74. The summed E-state index contributed by atoms with van der Waals surface area (Å²) in [6.45, 7) is 17.3. The molecule has 1 aromatic carbocycles. The Hall–Kier alpha value is -3.07. The number of nitrogens with zero attached hydrogens (tertiary/aromatic N) is 4. The maximum Gasteiger partial charge on any atom is 0.189 e. The van der Waals surface area contributed by atoms with Gasteiger partial charge in [0.05, 0.1) is 10.6 Å². The van der Waals surface area contributed by atoms with E-state index < -0.39 is 9.39 Å². The average molecular weight is 573 g/mol. The zero-order chi connectivity index (χ0) is 28.3. The molecule has 1 saturated heterocycles. The molecule has 210 valence electrons. The van der Waals surface area contributed by atoms with Crippen LogP contribution in [0.2, 0.25) is 0 Å². The predicted molar refractivity (Wildman–Crippen MR) is 176 cm³/mol. The molecular weight excluding hydrogens is 533 g/mol. The quantitative estimate of drug-likeness (QED) is 0.275. The first-order chi connectivity index (χ1) is 19.1. The van der Waals surface area contributed by atoms with Crippen molar-refractivity contribution in [1.82, 2.24) is 19.6 Å². The Balaban J connectivity index is 1.33. The molecule has 6 nitrogen and oxygen atoms in total. The van der Waals surface area contributed by atoms with Crippen LogP contribution in [0.4, 0.5) is 16.8 Å². The van der Waals surface area contributed by atoms with E-state index in [-0.39, 0.29) is 0 Å². The first-order valence-corrected chi connectivity index (χ1v) is 16.8. The number of hydrogen-bond acceptors (Lipinski definition) is 7. The van der Waals surface area contributed by atoms with Crippen molar-refractivity contribution in [2.75, 3.05) is 23.8 Å². The van der Waals surface area contributed by atoms with Gasteiger partial charge in [0, 0.05) is 41.0 Å². The number of thiazole rings is 1. The second-order valence-electron chi connectivity index (χ2n) is 11.5. The van der Waals surface area contributed by atoms with E-state index in [2.05, 4.69) is 77.6 Å². The molecule has 3 aromatic rings. The van der Waals surface area contributed by atoms with Crippen molar-refractivity contribution in [1.29, 1.82) is 0 Å². The Morgan fingerprint density at radius 2 is 1.90 bits per heavy atom. The fourth-order valence-electron chi connectivity index (χ4n) is 5.95. The maximum absolute atomic E-state index is 4.90. The van der Waals surface area contributed by atoms with E-state index in [1.807, 2.05) is 25.2 Å². The van der Waals surface area contributed by atoms with Crippen molar-refractivity contribution in [3.8, 4) is 10.4 Å². The van der Waals surface area contributed by atoms with Crippen LogP contribution in [-0.4, -0.2) is 46.2 Å². The van der Waals surface area contributed by atoms with Gasteiger partial charge in [0.25, 0.3) is 0 Å². The summed E-state index contributed by atoms with van der Waals surface area (Å²) in [5, 5.41) is 4.30. The molecule has 1 saturated carbocycles. The van der Waals surface area contributed by atoms with Crippen LogP contribution in [0.1, 0.15) is 49.9 Å². The summed E-state index contributed by atoms with van der Waals surface area (Å²) in [5.74, 6) is 12.0. The van der Waals surface area contributed by atoms with Gasteiger partial charge in [-0.05, 0) is 87.4 Å². The van der Waals surface area contributed by atoms with Gasteiger partial charge in [0.2, 0.25) is 0 Å².